The van der Waals surface area contributed by atoms with Crippen molar-refractivity contribution in [1.82, 2.24) is 9.78 Å². The first-order valence-corrected chi connectivity index (χ1v) is 7.05. The predicted octanol–water partition coefficient (Wildman–Crippen LogP) is 3.24. The molecule has 1 aromatic heterocycles. The zero-order chi connectivity index (χ0) is 16.3. The van der Waals surface area contributed by atoms with Gasteiger partial charge in [-0.3, -0.25) is 14.3 Å². The Balaban J connectivity index is 2.11. The average molecular weight is 318 g/mol. The molecule has 0 aliphatic heterocycles. The number of hydrogen-bond acceptors (Lipinski definition) is 3. The van der Waals surface area contributed by atoms with Crippen molar-refractivity contribution in [3.05, 3.63) is 52.3 Å². The molecule has 1 aromatic carbocycles. The van der Waals surface area contributed by atoms with Gasteiger partial charge in [-0.1, -0.05) is 23.7 Å². The van der Waals surface area contributed by atoms with Crippen molar-refractivity contribution >= 4 is 35.1 Å². The summed E-state index contributed by atoms with van der Waals surface area (Å²) in [5.74, 6) is -0.357. The van der Waals surface area contributed by atoms with Gasteiger partial charge in [0.1, 0.15) is 5.15 Å². The van der Waals surface area contributed by atoms with E-state index in [1.807, 2.05) is 6.92 Å². The molecule has 2 aromatic rings. The monoisotopic (exact) mass is 317 g/mol. The van der Waals surface area contributed by atoms with Gasteiger partial charge in [0.2, 0.25) is 5.91 Å². The predicted molar refractivity (Wildman–Crippen MR) is 87.1 cm³/mol. The van der Waals surface area contributed by atoms with E-state index in [1.54, 1.807) is 42.1 Å². The van der Waals surface area contributed by atoms with Gasteiger partial charge in [0.25, 0.3) is 0 Å². The van der Waals surface area contributed by atoms with E-state index in [1.165, 1.54) is 13.0 Å². The molecule has 0 bridgehead atoms. The number of Topliss-reactive ketones (excluding diaryl/α,β-unsaturated/α-hetero) is 1. The maximum Gasteiger partial charge on any atom is 0.248 e. The summed E-state index contributed by atoms with van der Waals surface area (Å²) in [6, 6.07) is 6.78. The summed E-state index contributed by atoms with van der Waals surface area (Å²) in [5, 5.41) is 7.35. The van der Waals surface area contributed by atoms with E-state index in [2.05, 4.69) is 10.4 Å². The average Bonchev–Trinajstić information content (AvgIpc) is 2.70. The number of carbonyl (C=O) groups excluding carboxylic acids is 2. The smallest absolute Gasteiger partial charge is 0.248 e. The minimum atomic E-state index is -0.306. The van der Waals surface area contributed by atoms with Crippen molar-refractivity contribution in [3.8, 4) is 0 Å². The minimum Gasteiger partial charge on any atom is -0.322 e. The van der Waals surface area contributed by atoms with Crippen LogP contribution in [0.4, 0.5) is 5.69 Å². The molecule has 1 N–H and O–H groups in total. The van der Waals surface area contributed by atoms with Crippen LogP contribution in [0.2, 0.25) is 5.15 Å². The standard InChI is InChI=1S/C16H16ClN3O2/c1-10-14(16(17)20(3)19-10)7-8-15(22)18-13-6-4-5-12(9-13)11(2)21/h4-9H,1-3H3,(H,18,22)/b8-7+. The molecule has 6 heteroatoms. The number of nitrogens with zero attached hydrogens (tertiary/aromatic N) is 2. The van der Waals surface area contributed by atoms with Crippen LogP contribution in [0, 0.1) is 6.92 Å². The molecule has 0 atom stereocenters. The summed E-state index contributed by atoms with van der Waals surface area (Å²) in [6.45, 7) is 3.30. The van der Waals surface area contributed by atoms with Crippen molar-refractivity contribution in [2.24, 2.45) is 7.05 Å². The fourth-order valence-electron chi connectivity index (χ4n) is 1.99. The summed E-state index contributed by atoms with van der Waals surface area (Å²) >= 11 is 6.09. The van der Waals surface area contributed by atoms with Crippen LogP contribution in [-0.2, 0) is 11.8 Å². The fraction of sp³-hybridized carbons (Fsp3) is 0.188. The molecule has 0 radical (unpaired) electrons. The summed E-state index contributed by atoms with van der Waals surface area (Å²) in [7, 11) is 1.74. The first kappa shape index (κ1) is 16.0. The van der Waals surface area contributed by atoms with Crippen LogP contribution >= 0.6 is 11.6 Å². The highest BCUT2D eigenvalue weighted by atomic mass is 35.5. The Morgan fingerprint density at radius 2 is 2.09 bits per heavy atom. The lowest BCUT2D eigenvalue weighted by atomic mass is 10.1. The number of ketones is 1. The molecule has 2 rings (SSSR count). The Hall–Kier alpha value is -2.40. The largest absolute Gasteiger partial charge is 0.322 e. The maximum absolute atomic E-state index is 11.9. The molecular formula is C16H16ClN3O2. The quantitative estimate of drug-likeness (QED) is 0.695. The normalized spacial score (nSPS) is 10.9. The molecule has 0 spiro atoms. The first-order chi connectivity index (χ1) is 10.4. The Labute approximate surface area is 133 Å². The Morgan fingerprint density at radius 1 is 1.36 bits per heavy atom. The van der Waals surface area contributed by atoms with Gasteiger partial charge in [0, 0.05) is 29.9 Å². The molecule has 114 valence electrons. The highest BCUT2D eigenvalue weighted by Gasteiger charge is 2.08. The number of hydrogen-bond donors (Lipinski definition) is 1. The Kier molecular flexibility index (Phi) is 4.78. The third-order valence-electron chi connectivity index (χ3n) is 3.13. The number of amides is 1. The second-order valence-corrected chi connectivity index (χ2v) is 5.23. The van der Waals surface area contributed by atoms with Gasteiger partial charge in [-0.15, -0.1) is 0 Å². The van der Waals surface area contributed by atoms with Gasteiger partial charge in [0.15, 0.2) is 5.78 Å². The summed E-state index contributed by atoms with van der Waals surface area (Å²) in [4.78, 5) is 23.3. The zero-order valence-electron chi connectivity index (χ0n) is 12.6. The van der Waals surface area contributed by atoms with Gasteiger partial charge >= 0.3 is 0 Å². The molecule has 22 heavy (non-hydrogen) atoms. The molecule has 0 saturated carbocycles. The fourth-order valence-corrected chi connectivity index (χ4v) is 2.23. The summed E-state index contributed by atoms with van der Waals surface area (Å²) < 4.78 is 1.55. The number of halogens is 1. The molecule has 0 aliphatic carbocycles. The van der Waals surface area contributed by atoms with E-state index in [4.69, 9.17) is 11.6 Å². The Morgan fingerprint density at radius 3 is 2.68 bits per heavy atom. The summed E-state index contributed by atoms with van der Waals surface area (Å²) in [6.07, 6.45) is 3.01. The third-order valence-corrected chi connectivity index (χ3v) is 3.58. The van der Waals surface area contributed by atoms with E-state index in [-0.39, 0.29) is 11.7 Å². The molecule has 0 saturated heterocycles. The molecule has 1 amide bonds. The van der Waals surface area contributed by atoms with Crippen LogP contribution in [0.15, 0.2) is 30.3 Å². The highest BCUT2D eigenvalue weighted by molar-refractivity contribution is 6.31. The van der Waals surface area contributed by atoms with Crippen molar-refractivity contribution < 1.29 is 9.59 Å². The van der Waals surface area contributed by atoms with Gasteiger partial charge in [0.05, 0.1) is 5.69 Å². The van der Waals surface area contributed by atoms with E-state index in [0.29, 0.717) is 22.0 Å². The molecular weight excluding hydrogens is 302 g/mol. The zero-order valence-corrected chi connectivity index (χ0v) is 13.3. The van der Waals surface area contributed by atoms with Crippen molar-refractivity contribution in [3.63, 3.8) is 0 Å². The van der Waals surface area contributed by atoms with Gasteiger partial charge in [-0.05, 0) is 32.1 Å². The van der Waals surface area contributed by atoms with Gasteiger partial charge in [-0.25, -0.2) is 0 Å². The second-order valence-electron chi connectivity index (χ2n) is 4.87. The number of anilines is 1. The van der Waals surface area contributed by atoms with Crippen molar-refractivity contribution in [1.29, 1.82) is 0 Å². The maximum atomic E-state index is 11.9. The SMILES string of the molecule is CC(=O)c1cccc(NC(=O)/C=C/c2c(C)nn(C)c2Cl)c1. The Bertz CT molecular complexity index is 763. The third kappa shape index (κ3) is 3.62. The molecule has 0 unspecified atom stereocenters. The lowest BCUT2D eigenvalue weighted by Crippen LogP contribution is -2.08. The van der Waals surface area contributed by atoms with E-state index < -0.39 is 0 Å². The number of carbonyl (C=O) groups is 2. The molecule has 0 fully saturated rings. The topological polar surface area (TPSA) is 64.0 Å². The minimum absolute atomic E-state index is 0.0515. The van der Waals surface area contributed by atoms with E-state index in [0.717, 1.165) is 5.69 Å². The molecule has 1 heterocycles. The van der Waals surface area contributed by atoms with Crippen LogP contribution in [0.3, 0.4) is 0 Å². The van der Waals surface area contributed by atoms with Gasteiger partial charge in [-0.2, -0.15) is 5.10 Å². The number of rotatable bonds is 4. The van der Waals surface area contributed by atoms with Crippen LogP contribution in [0.25, 0.3) is 6.08 Å². The molecule has 5 nitrogen and oxygen atoms in total. The van der Waals surface area contributed by atoms with Crippen LogP contribution < -0.4 is 5.32 Å². The number of benzene rings is 1. The number of aromatic nitrogens is 2. The number of nitrogens with one attached hydrogen (secondary N) is 1. The van der Waals surface area contributed by atoms with Crippen LogP contribution in [-0.4, -0.2) is 21.5 Å². The van der Waals surface area contributed by atoms with Gasteiger partial charge < -0.3 is 5.32 Å². The first-order valence-electron chi connectivity index (χ1n) is 6.67. The lowest BCUT2D eigenvalue weighted by Gasteiger charge is -2.03. The second kappa shape index (κ2) is 6.58. The van der Waals surface area contributed by atoms with Crippen LogP contribution in [0.5, 0.6) is 0 Å². The van der Waals surface area contributed by atoms with Crippen LogP contribution in [0.1, 0.15) is 28.5 Å². The number of aryl methyl sites for hydroxylation is 2. The highest BCUT2D eigenvalue weighted by Crippen LogP contribution is 2.20. The molecule has 0 aliphatic rings. The van der Waals surface area contributed by atoms with Crippen molar-refractivity contribution in [2.45, 2.75) is 13.8 Å². The lowest BCUT2D eigenvalue weighted by molar-refractivity contribution is -0.111. The summed E-state index contributed by atoms with van der Waals surface area (Å²) in [5.41, 5.74) is 2.57. The van der Waals surface area contributed by atoms with Crippen molar-refractivity contribution in [2.75, 3.05) is 5.32 Å². The van der Waals surface area contributed by atoms with E-state index >= 15 is 0 Å². The van der Waals surface area contributed by atoms with E-state index in [9.17, 15) is 9.59 Å².